The molecule has 13 heavy (non-hydrogen) atoms. The smallest absolute Gasteiger partial charge is 0.314 e. The third-order valence-corrected chi connectivity index (χ3v) is 2.09. The first-order valence-electron chi connectivity index (χ1n) is 4.81. The minimum absolute atomic E-state index is 0.311. The maximum absolute atomic E-state index is 10.7. The van der Waals surface area contributed by atoms with E-state index in [4.69, 9.17) is 10.5 Å². The second kappa shape index (κ2) is 6.71. The summed E-state index contributed by atoms with van der Waals surface area (Å²) < 4.78 is 5.14. The topological polar surface area (TPSA) is 55.6 Å². The van der Waals surface area contributed by atoms with Crippen LogP contribution in [-0.4, -0.2) is 37.2 Å². The van der Waals surface area contributed by atoms with Crippen molar-refractivity contribution in [1.82, 2.24) is 4.90 Å². The van der Waals surface area contributed by atoms with Crippen molar-refractivity contribution in [2.75, 3.05) is 20.2 Å². The lowest BCUT2D eigenvalue weighted by atomic mass is 10.1. The quantitative estimate of drug-likeness (QED) is 0.672. The van der Waals surface area contributed by atoms with Crippen LogP contribution in [0.4, 0.5) is 4.79 Å². The predicted molar refractivity (Wildman–Crippen MR) is 52.5 cm³/mol. The van der Waals surface area contributed by atoms with Gasteiger partial charge in [0.2, 0.25) is 0 Å². The van der Waals surface area contributed by atoms with Gasteiger partial charge in [0.25, 0.3) is 0 Å². The highest BCUT2D eigenvalue weighted by Gasteiger charge is 2.20. The minimum atomic E-state index is -0.320. The Labute approximate surface area is 80.0 Å². The summed E-state index contributed by atoms with van der Waals surface area (Å²) in [5, 5.41) is 0. The highest BCUT2D eigenvalue weighted by atomic mass is 16.5. The molecule has 4 heteroatoms. The number of nitrogens with zero attached hydrogens (tertiary/aromatic N) is 1. The van der Waals surface area contributed by atoms with E-state index in [1.54, 1.807) is 12.0 Å². The average molecular weight is 188 g/mol. The van der Waals surface area contributed by atoms with Gasteiger partial charge in [-0.1, -0.05) is 13.8 Å². The van der Waals surface area contributed by atoms with E-state index in [2.05, 4.69) is 0 Å². The van der Waals surface area contributed by atoms with Gasteiger partial charge in [0.15, 0.2) is 0 Å². The van der Waals surface area contributed by atoms with Crippen molar-refractivity contribution in [2.45, 2.75) is 32.8 Å². The summed E-state index contributed by atoms with van der Waals surface area (Å²) >= 11 is 0. The van der Waals surface area contributed by atoms with Crippen LogP contribution in [0.15, 0.2) is 0 Å². The molecule has 0 spiro atoms. The molecule has 2 amide bonds. The molecule has 0 saturated carbocycles. The van der Waals surface area contributed by atoms with E-state index in [0.29, 0.717) is 6.10 Å². The Morgan fingerprint density at radius 2 is 1.85 bits per heavy atom. The monoisotopic (exact) mass is 188 g/mol. The first-order chi connectivity index (χ1) is 6.24. The van der Waals surface area contributed by atoms with E-state index in [1.165, 1.54) is 0 Å². The SMILES string of the molecule is CC.COC1CCN(C(N)=O)CC1. The second-order valence-electron chi connectivity index (χ2n) is 2.76. The number of ether oxygens (including phenoxy) is 1. The van der Waals surface area contributed by atoms with Gasteiger partial charge in [0.1, 0.15) is 0 Å². The zero-order valence-electron chi connectivity index (χ0n) is 8.75. The lowest BCUT2D eigenvalue weighted by molar-refractivity contribution is 0.0516. The molecule has 0 bridgehead atoms. The molecule has 1 rings (SSSR count). The van der Waals surface area contributed by atoms with E-state index in [0.717, 1.165) is 25.9 Å². The Balaban J connectivity index is 0.000000671. The number of urea groups is 1. The van der Waals surface area contributed by atoms with Gasteiger partial charge >= 0.3 is 6.03 Å². The van der Waals surface area contributed by atoms with E-state index in [1.807, 2.05) is 13.8 Å². The van der Waals surface area contributed by atoms with Crippen LogP contribution in [0.3, 0.4) is 0 Å². The standard InChI is InChI=1S/C7H14N2O2.C2H6/c1-11-6-2-4-9(5-3-6)7(8)10;1-2/h6H,2-5H2,1H3,(H2,8,10);1-2H3. The van der Waals surface area contributed by atoms with Crippen LogP contribution < -0.4 is 5.73 Å². The van der Waals surface area contributed by atoms with Gasteiger partial charge in [-0.2, -0.15) is 0 Å². The van der Waals surface area contributed by atoms with Gasteiger partial charge in [0.05, 0.1) is 6.10 Å². The normalized spacial score (nSPS) is 17.6. The fourth-order valence-corrected chi connectivity index (χ4v) is 1.31. The summed E-state index contributed by atoms with van der Waals surface area (Å²) in [7, 11) is 1.70. The average Bonchev–Trinajstić information content (AvgIpc) is 2.21. The van der Waals surface area contributed by atoms with E-state index in [9.17, 15) is 4.79 Å². The fraction of sp³-hybridized carbons (Fsp3) is 0.889. The number of primary amides is 1. The van der Waals surface area contributed by atoms with Gasteiger partial charge in [-0.15, -0.1) is 0 Å². The van der Waals surface area contributed by atoms with Crippen molar-refractivity contribution in [3.05, 3.63) is 0 Å². The van der Waals surface area contributed by atoms with Gasteiger partial charge in [-0.25, -0.2) is 4.79 Å². The third kappa shape index (κ3) is 4.12. The van der Waals surface area contributed by atoms with Crippen LogP contribution in [-0.2, 0) is 4.74 Å². The maximum Gasteiger partial charge on any atom is 0.314 e. The van der Waals surface area contributed by atoms with Gasteiger partial charge in [-0.3, -0.25) is 0 Å². The molecular formula is C9H20N2O2. The molecule has 1 fully saturated rings. The molecule has 0 radical (unpaired) electrons. The van der Waals surface area contributed by atoms with Crippen molar-refractivity contribution in [3.8, 4) is 0 Å². The zero-order valence-corrected chi connectivity index (χ0v) is 8.75. The number of rotatable bonds is 1. The van der Waals surface area contributed by atoms with Crippen molar-refractivity contribution < 1.29 is 9.53 Å². The molecule has 0 aliphatic carbocycles. The van der Waals surface area contributed by atoms with Crippen molar-refractivity contribution in [1.29, 1.82) is 0 Å². The summed E-state index contributed by atoms with van der Waals surface area (Å²) in [6.45, 7) is 5.46. The van der Waals surface area contributed by atoms with Crippen LogP contribution in [0.2, 0.25) is 0 Å². The number of methoxy groups -OCH3 is 1. The summed E-state index contributed by atoms with van der Waals surface area (Å²) in [4.78, 5) is 12.3. The molecule has 0 aromatic heterocycles. The van der Waals surface area contributed by atoms with E-state index >= 15 is 0 Å². The van der Waals surface area contributed by atoms with Crippen molar-refractivity contribution >= 4 is 6.03 Å². The number of nitrogens with two attached hydrogens (primary N) is 1. The Kier molecular flexibility index (Phi) is 6.32. The summed E-state index contributed by atoms with van der Waals surface area (Å²) in [6, 6.07) is -0.320. The Morgan fingerprint density at radius 3 is 2.15 bits per heavy atom. The van der Waals surface area contributed by atoms with Gasteiger partial charge in [-0.05, 0) is 12.8 Å². The molecule has 1 heterocycles. The van der Waals surface area contributed by atoms with Crippen LogP contribution in [0.5, 0.6) is 0 Å². The van der Waals surface area contributed by atoms with Crippen LogP contribution in [0.1, 0.15) is 26.7 Å². The molecule has 1 aliphatic rings. The molecule has 0 aromatic carbocycles. The molecule has 1 saturated heterocycles. The second-order valence-corrected chi connectivity index (χ2v) is 2.76. The molecule has 0 aromatic rings. The molecule has 78 valence electrons. The zero-order chi connectivity index (χ0) is 10.3. The third-order valence-electron chi connectivity index (χ3n) is 2.09. The van der Waals surface area contributed by atoms with Crippen molar-refractivity contribution in [2.24, 2.45) is 5.73 Å². The molecule has 4 nitrogen and oxygen atoms in total. The highest BCUT2D eigenvalue weighted by Crippen LogP contribution is 2.11. The van der Waals surface area contributed by atoms with Crippen LogP contribution in [0, 0.1) is 0 Å². The first kappa shape index (κ1) is 12.2. The van der Waals surface area contributed by atoms with Crippen LogP contribution in [0.25, 0.3) is 0 Å². The van der Waals surface area contributed by atoms with Crippen molar-refractivity contribution in [3.63, 3.8) is 0 Å². The maximum atomic E-state index is 10.7. The lowest BCUT2D eigenvalue weighted by Crippen LogP contribution is -2.43. The van der Waals surface area contributed by atoms with Gasteiger partial charge < -0.3 is 15.4 Å². The molecule has 1 aliphatic heterocycles. The Hall–Kier alpha value is -0.770. The number of amides is 2. The number of carbonyl (C=O) groups excluding carboxylic acids is 1. The Bertz CT molecular complexity index is 143. The van der Waals surface area contributed by atoms with E-state index < -0.39 is 0 Å². The fourth-order valence-electron chi connectivity index (χ4n) is 1.31. The number of hydrogen-bond donors (Lipinski definition) is 1. The number of hydrogen-bond acceptors (Lipinski definition) is 2. The van der Waals surface area contributed by atoms with Gasteiger partial charge in [0, 0.05) is 20.2 Å². The first-order valence-corrected chi connectivity index (χ1v) is 4.81. The van der Waals surface area contributed by atoms with E-state index in [-0.39, 0.29) is 6.03 Å². The number of carbonyl (C=O) groups is 1. The van der Waals surface area contributed by atoms with Crippen LogP contribution >= 0.6 is 0 Å². The highest BCUT2D eigenvalue weighted by molar-refractivity contribution is 5.72. The summed E-state index contributed by atoms with van der Waals surface area (Å²) in [5.41, 5.74) is 5.10. The molecule has 0 unspecified atom stereocenters. The lowest BCUT2D eigenvalue weighted by Gasteiger charge is -2.29. The molecule has 2 N–H and O–H groups in total. The summed E-state index contributed by atoms with van der Waals surface area (Å²) in [6.07, 6.45) is 2.12. The number of piperidine rings is 1. The molecular weight excluding hydrogens is 168 g/mol. The predicted octanol–water partition coefficient (Wildman–Crippen LogP) is 1.20. The Morgan fingerprint density at radius 1 is 1.38 bits per heavy atom. The molecule has 0 atom stereocenters. The largest absolute Gasteiger partial charge is 0.381 e. The minimum Gasteiger partial charge on any atom is -0.381 e. The number of likely N-dealkylation sites (tertiary alicyclic amines) is 1. The summed E-state index contributed by atoms with van der Waals surface area (Å²) in [5.74, 6) is 0.